The minimum Gasteiger partial charge on any atom is -0.309 e. The molecule has 0 aliphatic rings. The van der Waals surface area contributed by atoms with Crippen LogP contribution in [0.5, 0.6) is 0 Å². The Morgan fingerprint density at radius 3 is 1.69 bits per heavy atom. The van der Waals surface area contributed by atoms with Gasteiger partial charge < -0.3 is 9.13 Å². The molecule has 12 rings (SSSR count). The first-order valence-electron chi connectivity index (χ1n) is 19.8. The molecule has 0 atom stereocenters. The van der Waals surface area contributed by atoms with Crippen LogP contribution in [0, 0.1) is 5.82 Å². The van der Waals surface area contributed by atoms with Crippen molar-refractivity contribution in [2.45, 2.75) is 0 Å². The van der Waals surface area contributed by atoms with E-state index >= 15 is 0 Å². The Kier molecular flexibility index (Phi) is 7.38. The second kappa shape index (κ2) is 13.1. The molecule has 0 fully saturated rings. The van der Waals surface area contributed by atoms with Gasteiger partial charge in [-0.3, -0.25) is 0 Å². The van der Waals surface area contributed by atoms with Crippen LogP contribution >= 0.6 is 0 Å². The second-order valence-electron chi connectivity index (χ2n) is 15.1. The van der Waals surface area contributed by atoms with Crippen LogP contribution in [0.2, 0.25) is 0 Å². The number of hydrogen-bond acceptors (Lipinski definition) is 2. The Balaban J connectivity index is 0.986. The Hall–Kier alpha value is -7.89. The summed E-state index contributed by atoms with van der Waals surface area (Å²) in [5.41, 5.74) is 12.6. The van der Waals surface area contributed by atoms with E-state index in [1.54, 1.807) is 0 Å². The van der Waals surface area contributed by atoms with Crippen molar-refractivity contribution in [1.29, 1.82) is 0 Å². The summed E-state index contributed by atoms with van der Waals surface area (Å²) in [6, 6.07) is 69.0. The lowest BCUT2D eigenvalue weighted by molar-refractivity contribution is 0.627. The van der Waals surface area contributed by atoms with E-state index < -0.39 is 0 Å². The van der Waals surface area contributed by atoms with E-state index in [1.165, 1.54) is 39.1 Å². The van der Waals surface area contributed by atoms with Gasteiger partial charge in [0.15, 0.2) is 5.82 Å². The highest BCUT2D eigenvalue weighted by Gasteiger charge is 2.18. The quantitative estimate of drug-likeness (QED) is 0.175. The van der Waals surface area contributed by atoms with Gasteiger partial charge in [-0.05, 0) is 113 Å². The van der Waals surface area contributed by atoms with Gasteiger partial charge in [-0.1, -0.05) is 109 Å². The molecule has 9 aromatic carbocycles. The van der Waals surface area contributed by atoms with Gasteiger partial charge in [0, 0.05) is 49.4 Å². The van der Waals surface area contributed by atoms with Crippen molar-refractivity contribution in [2.24, 2.45) is 0 Å². The molecule has 5 heteroatoms. The summed E-state index contributed by atoms with van der Waals surface area (Å²) in [5, 5.41) is 8.15. The first-order chi connectivity index (χ1) is 29.2. The van der Waals surface area contributed by atoms with Crippen LogP contribution in [0.1, 0.15) is 0 Å². The third kappa shape index (κ3) is 5.29. The van der Waals surface area contributed by atoms with Crippen molar-refractivity contribution in [2.75, 3.05) is 0 Å². The van der Waals surface area contributed by atoms with Gasteiger partial charge in [0.1, 0.15) is 5.82 Å². The smallest absolute Gasteiger partial charge is 0.160 e. The lowest BCUT2D eigenvalue weighted by atomic mass is 9.99. The molecular weight excluding hydrogens is 724 g/mol. The van der Waals surface area contributed by atoms with Crippen LogP contribution in [0.25, 0.3) is 110 Å². The lowest BCUT2D eigenvalue weighted by Crippen LogP contribution is -1.97. The highest BCUT2D eigenvalue weighted by atomic mass is 19.1. The second-order valence-corrected chi connectivity index (χ2v) is 15.1. The predicted octanol–water partition coefficient (Wildman–Crippen LogP) is 14.1. The fraction of sp³-hybridized carbons (Fsp3) is 0. The van der Waals surface area contributed by atoms with Crippen LogP contribution in [0.3, 0.4) is 0 Å². The Morgan fingerprint density at radius 1 is 0.356 bits per heavy atom. The van der Waals surface area contributed by atoms with E-state index in [0.717, 1.165) is 77.7 Å². The van der Waals surface area contributed by atoms with Crippen LogP contribution < -0.4 is 0 Å². The number of halogens is 1. The van der Waals surface area contributed by atoms with E-state index in [2.05, 4.69) is 155 Å². The van der Waals surface area contributed by atoms with Crippen molar-refractivity contribution < 1.29 is 4.39 Å². The fourth-order valence-corrected chi connectivity index (χ4v) is 9.05. The standard InChI is InChI=1S/C54H33FN4/c55-39-23-27-41(28-24-39)59-50-30-22-38(33-46(50)52-42-13-5-4-10-34(42)20-31-51(52)59)37-21-29-49-45(32-37)43-14-7-9-17-48(43)58(49)40-25-18-36(19-26-40)54-56-47-16-8-6-15-44(47)53(57-54)35-11-2-1-3-12-35/h1-33H. The largest absolute Gasteiger partial charge is 0.309 e. The first kappa shape index (κ1) is 33.3. The average molecular weight is 757 g/mol. The molecule has 4 nitrogen and oxygen atoms in total. The predicted molar refractivity (Wildman–Crippen MR) is 242 cm³/mol. The molecule has 0 unspecified atom stereocenters. The maximum absolute atomic E-state index is 14.1. The molecule has 0 N–H and O–H groups in total. The maximum atomic E-state index is 14.1. The molecule has 0 amide bonds. The zero-order valence-corrected chi connectivity index (χ0v) is 31.7. The number of aromatic nitrogens is 4. The summed E-state index contributed by atoms with van der Waals surface area (Å²) in [4.78, 5) is 10.1. The van der Waals surface area contributed by atoms with E-state index in [1.807, 2.05) is 42.5 Å². The molecule has 0 aliphatic carbocycles. The number of hydrogen-bond donors (Lipinski definition) is 0. The van der Waals surface area contributed by atoms with Gasteiger partial charge in [0.05, 0.1) is 33.3 Å². The van der Waals surface area contributed by atoms with Crippen molar-refractivity contribution in [3.05, 3.63) is 206 Å². The molecule has 0 bridgehead atoms. The average Bonchev–Trinajstić information content (AvgIpc) is 3.82. The highest BCUT2D eigenvalue weighted by molar-refractivity contribution is 6.22. The molecule has 0 saturated heterocycles. The third-order valence-electron chi connectivity index (χ3n) is 11.8. The summed E-state index contributed by atoms with van der Waals surface area (Å²) < 4.78 is 18.7. The topological polar surface area (TPSA) is 35.6 Å². The van der Waals surface area contributed by atoms with Gasteiger partial charge in [0.25, 0.3) is 0 Å². The summed E-state index contributed by atoms with van der Waals surface area (Å²) in [5.74, 6) is 0.455. The van der Waals surface area contributed by atoms with Crippen molar-refractivity contribution >= 4 is 65.3 Å². The Morgan fingerprint density at radius 2 is 0.915 bits per heavy atom. The third-order valence-corrected chi connectivity index (χ3v) is 11.8. The maximum Gasteiger partial charge on any atom is 0.160 e. The number of benzene rings is 9. The van der Waals surface area contributed by atoms with Gasteiger partial charge in [-0.2, -0.15) is 0 Å². The minimum absolute atomic E-state index is 0.246. The van der Waals surface area contributed by atoms with E-state index in [-0.39, 0.29) is 5.82 Å². The van der Waals surface area contributed by atoms with Gasteiger partial charge >= 0.3 is 0 Å². The van der Waals surface area contributed by atoms with Crippen molar-refractivity contribution in [3.8, 4) is 45.1 Å². The molecule has 0 saturated carbocycles. The summed E-state index contributed by atoms with van der Waals surface area (Å²) in [6.07, 6.45) is 0. The fourth-order valence-electron chi connectivity index (χ4n) is 9.05. The monoisotopic (exact) mass is 756 g/mol. The zero-order chi connectivity index (χ0) is 39.0. The first-order valence-corrected chi connectivity index (χ1v) is 19.8. The van der Waals surface area contributed by atoms with Gasteiger partial charge in [-0.25, -0.2) is 14.4 Å². The molecule has 0 radical (unpaired) electrons. The van der Waals surface area contributed by atoms with E-state index in [9.17, 15) is 4.39 Å². The van der Waals surface area contributed by atoms with E-state index in [4.69, 9.17) is 9.97 Å². The van der Waals surface area contributed by atoms with Crippen LogP contribution in [-0.4, -0.2) is 19.1 Å². The number of nitrogens with zero attached hydrogens (tertiary/aromatic N) is 4. The summed E-state index contributed by atoms with van der Waals surface area (Å²) in [7, 11) is 0. The normalized spacial score (nSPS) is 11.8. The Labute approximate surface area is 338 Å². The number of para-hydroxylation sites is 2. The molecule has 0 aliphatic heterocycles. The molecule has 12 aromatic rings. The van der Waals surface area contributed by atoms with Crippen LogP contribution in [-0.2, 0) is 0 Å². The van der Waals surface area contributed by atoms with Gasteiger partial charge in [-0.15, -0.1) is 0 Å². The molecule has 59 heavy (non-hydrogen) atoms. The van der Waals surface area contributed by atoms with Gasteiger partial charge in [0.2, 0.25) is 0 Å². The minimum atomic E-state index is -0.246. The van der Waals surface area contributed by atoms with Crippen molar-refractivity contribution in [1.82, 2.24) is 19.1 Å². The molecule has 3 heterocycles. The number of rotatable bonds is 5. The molecular formula is C54H33FN4. The highest BCUT2D eigenvalue weighted by Crippen LogP contribution is 2.41. The van der Waals surface area contributed by atoms with Crippen LogP contribution in [0.15, 0.2) is 200 Å². The van der Waals surface area contributed by atoms with E-state index in [0.29, 0.717) is 5.82 Å². The SMILES string of the molecule is Fc1ccc(-n2c3ccc(-c4ccc5c(c4)c4ccccc4n5-c4ccc(-c5nc(-c6ccccc6)c6ccccc6n5)cc4)cc3c3c4ccccc4ccc32)cc1. The number of fused-ring (bicyclic) bond motifs is 9. The Bertz CT molecular complexity index is 3600. The zero-order valence-electron chi connectivity index (χ0n) is 31.7. The summed E-state index contributed by atoms with van der Waals surface area (Å²) >= 11 is 0. The molecule has 276 valence electrons. The molecule has 3 aromatic heterocycles. The lowest BCUT2D eigenvalue weighted by Gasteiger charge is -2.11. The molecule has 0 spiro atoms. The van der Waals surface area contributed by atoms with Crippen molar-refractivity contribution in [3.63, 3.8) is 0 Å². The van der Waals surface area contributed by atoms with Crippen LogP contribution in [0.4, 0.5) is 4.39 Å². The summed E-state index contributed by atoms with van der Waals surface area (Å²) in [6.45, 7) is 0.